The Balaban J connectivity index is 0.000000240. The van der Waals surface area contributed by atoms with Gasteiger partial charge in [0.05, 0.1) is 17.9 Å². The number of rotatable bonds is 0. The van der Waals surface area contributed by atoms with Gasteiger partial charge in [0, 0.05) is 0 Å². The molecule has 0 N–H and O–H groups in total. The molecule has 0 heterocycles. The van der Waals surface area contributed by atoms with Crippen molar-refractivity contribution in [3.63, 3.8) is 0 Å². The third-order valence-electron chi connectivity index (χ3n) is 2.31. The Morgan fingerprint density at radius 3 is 0.708 bits per heavy atom. The summed E-state index contributed by atoms with van der Waals surface area (Å²) >= 11 is 9.58. The van der Waals surface area contributed by atoms with Crippen LogP contribution in [0.3, 0.4) is 0 Å². The van der Waals surface area contributed by atoms with Crippen LogP contribution in [-0.2, 0) is 0 Å². The molecule has 0 amide bonds. The summed E-state index contributed by atoms with van der Waals surface area (Å²) in [5.41, 5.74) is 0. The molecule has 2 aromatic carbocycles. The van der Waals surface area contributed by atoms with E-state index in [-0.39, 0.29) is 0 Å². The van der Waals surface area contributed by atoms with Crippen LogP contribution in [0.15, 0.2) is 17.9 Å². The van der Waals surface area contributed by atoms with Crippen LogP contribution in [0.4, 0.5) is 35.1 Å². The quantitative estimate of drug-likeness (QED) is 0.163. The van der Waals surface area contributed by atoms with Gasteiger partial charge >= 0.3 is 0 Å². The maximum atomic E-state index is 12.7. The van der Waals surface area contributed by atoms with Crippen LogP contribution in [0.5, 0.6) is 0 Å². The van der Waals surface area contributed by atoms with Crippen LogP contribution in [-0.4, -0.2) is 0 Å². The van der Waals surface area contributed by atoms with Crippen LogP contribution < -0.4 is 0 Å². The first-order valence-corrected chi connectivity index (χ1v) is 8.44. The summed E-state index contributed by atoms with van der Waals surface area (Å²) in [4.78, 5) is 0. The molecule has 0 radical (unpaired) electrons. The van der Waals surface area contributed by atoms with E-state index in [4.69, 9.17) is 0 Å². The second-order valence-electron chi connectivity index (χ2n) is 3.77. The molecule has 2 aromatic rings. The summed E-state index contributed by atoms with van der Waals surface area (Å²) in [6.07, 6.45) is 0. The van der Waals surface area contributed by atoms with Gasteiger partial charge in [-0.25, -0.2) is 35.1 Å². The van der Waals surface area contributed by atoms with Gasteiger partial charge < -0.3 is 0 Å². The van der Waals surface area contributed by atoms with Gasteiger partial charge in [-0.3, -0.25) is 0 Å². The predicted octanol–water partition coefficient (Wildman–Crippen LogP) is 7.54. The van der Waals surface area contributed by atoms with Crippen molar-refractivity contribution < 1.29 is 35.1 Å². The maximum Gasteiger partial charge on any atom is 0.196 e. The zero-order chi connectivity index (χ0) is 18.9. The smallest absolute Gasteiger partial charge is 0.196 e. The molecule has 0 aliphatic rings. The lowest BCUT2D eigenvalue weighted by Gasteiger charge is -2.02. The monoisotopic (exact) mass is 612 g/mol. The molecule has 0 unspecified atom stereocenters. The number of halogens is 12. The van der Waals surface area contributed by atoms with Gasteiger partial charge in [-0.05, 0) is 63.7 Å². The second-order valence-corrected chi connectivity index (χ2v) is 6.94. The first kappa shape index (κ1) is 21.8. The zero-order valence-corrected chi connectivity index (χ0v) is 16.9. The van der Waals surface area contributed by atoms with E-state index in [1.807, 2.05) is 0 Å². The van der Waals surface area contributed by atoms with E-state index in [0.717, 1.165) is 0 Å². The molecule has 0 fully saturated rings. The van der Waals surface area contributed by atoms with Crippen molar-refractivity contribution in [1.29, 1.82) is 0 Å². The summed E-state index contributed by atoms with van der Waals surface area (Å²) in [7, 11) is 0. The van der Waals surface area contributed by atoms with E-state index in [0.29, 0.717) is 0 Å². The Labute approximate surface area is 162 Å². The van der Waals surface area contributed by atoms with Gasteiger partial charge in [0.2, 0.25) is 0 Å². The van der Waals surface area contributed by atoms with Crippen molar-refractivity contribution in [2.45, 2.75) is 0 Å². The van der Waals surface area contributed by atoms with Crippen molar-refractivity contribution >= 4 is 63.7 Å². The third kappa shape index (κ3) is 4.13. The van der Waals surface area contributed by atoms with Crippen LogP contribution in [0.25, 0.3) is 0 Å². The van der Waals surface area contributed by atoms with Gasteiger partial charge in [0.1, 0.15) is 0 Å². The van der Waals surface area contributed by atoms with Crippen molar-refractivity contribution in [3.05, 3.63) is 64.4 Å². The van der Waals surface area contributed by atoms with E-state index in [9.17, 15) is 35.1 Å². The summed E-state index contributed by atoms with van der Waals surface area (Å²) in [6, 6.07) is 0. The Morgan fingerprint density at radius 1 is 0.292 bits per heavy atom. The molecule has 0 bridgehead atoms. The average molecular weight is 616 g/mol. The lowest BCUT2D eigenvalue weighted by Crippen LogP contribution is -1.97. The highest BCUT2D eigenvalue weighted by atomic mass is 79.9. The highest BCUT2D eigenvalue weighted by Crippen LogP contribution is 2.32. The predicted molar refractivity (Wildman–Crippen MR) is 83.3 cm³/mol. The molecule has 12 heteroatoms. The summed E-state index contributed by atoms with van der Waals surface area (Å²) in [5.74, 6) is -11.9. The summed E-state index contributed by atoms with van der Waals surface area (Å²) in [6.45, 7) is 0. The van der Waals surface area contributed by atoms with Gasteiger partial charge in [-0.15, -0.1) is 0 Å². The van der Waals surface area contributed by atoms with Crippen molar-refractivity contribution in [2.75, 3.05) is 0 Å². The zero-order valence-electron chi connectivity index (χ0n) is 10.5. The minimum Gasteiger partial charge on any atom is -0.204 e. The van der Waals surface area contributed by atoms with Crippen molar-refractivity contribution in [1.82, 2.24) is 0 Å². The molecule has 0 spiro atoms. The third-order valence-corrected chi connectivity index (χ3v) is 5.10. The Hall–Kier alpha value is -0.200. The van der Waals surface area contributed by atoms with Crippen molar-refractivity contribution in [3.8, 4) is 0 Å². The SMILES string of the molecule is Fc1c(F)c(Br)c(F)c(Br)c1F.Fc1c(F)c(Br)c(F)c(F)c1Br. The lowest BCUT2D eigenvalue weighted by molar-refractivity contribution is 0.424. The molecule has 0 aromatic heterocycles. The molecule has 0 saturated heterocycles. The largest absolute Gasteiger partial charge is 0.204 e. The fraction of sp³-hybridized carbons (Fsp3) is 0. The number of hydrogen-bond donors (Lipinski definition) is 0. The second kappa shape index (κ2) is 8.45. The first-order chi connectivity index (χ1) is 10.9. The lowest BCUT2D eigenvalue weighted by atomic mass is 10.3. The standard InChI is InChI=1S/2C6Br2F4/c7-1-3(9)5(11)2(8)6(12)4(1)10;7-1-3(9)2(8)5(11)6(12)4(1)10. The minimum absolute atomic E-state index is 0.728. The fourth-order valence-electron chi connectivity index (χ4n) is 1.16. The Kier molecular flexibility index (Phi) is 7.69. The van der Waals surface area contributed by atoms with Crippen LogP contribution >= 0.6 is 63.7 Å². The van der Waals surface area contributed by atoms with E-state index in [1.54, 1.807) is 0 Å². The minimum atomic E-state index is -1.71. The van der Waals surface area contributed by atoms with Gasteiger partial charge in [-0.2, -0.15) is 0 Å². The summed E-state index contributed by atoms with van der Waals surface area (Å²) < 4.78 is 97.3. The molecule has 132 valence electrons. The topological polar surface area (TPSA) is 0 Å². The molecule has 0 nitrogen and oxygen atoms in total. The summed E-state index contributed by atoms with van der Waals surface area (Å²) in [5, 5.41) is 0. The highest BCUT2D eigenvalue weighted by Gasteiger charge is 2.22. The van der Waals surface area contributed by atoms with Gasteiger partial charge in [0.15, 0.2) is 46.5 Å². The van der Waals surface area contributed by atoms with E-state index in [2.05, 4.69) is 63.7 Å². The van der Waals surface area contributed by atoms with Crippen molar-refractivity contribution in [2.24, 2.45) is 0 Å². The molecule has 2 rings (SSSR count). The van der Waals surface area contributed by atoms with E-state index in [1.165, 1.54) is 0 Å². The number of hydrogen-bond acceptors (Lipinski definition) is 0. The van der Waals surface area contributed by atoms with Crippen LogP contribution in [0.2, 0.25) is 0 Å². The highest BCUT2D eigenvalue weighted by molar-refractivity contribution is 9.11. The van der Waals surface area contributed by atoms with Gasteiger partial charge in [-0.1, -0.05) is 0 Å². The molecule has 0 aliphatic heterocycles. The maximum absolute atomic E-state index is 12.7. The fourth-order valence-corrected chi connectivity index (χ4v) is 2.86. The molecule has 0 aliphatic carbocycles. The van der Waals surface area contributed by atoms with E-state index < -0.39 is 64.4 Å². The van der Waals surface area contributed by atoms with Gasteiger partial charge in [0.25, 0.3) is 0 Å². The Bertz CT molecular complexity index is 531. The van der Waals surface area contributed by atoms with Crippen LogP contribution in [0, 0.1) is 46.5 Å². The molecule has 24 heavy (non-hydrogen) atoms. The molecular weight excluding hydrogens is 616 g/mol. The van der Waals surface area contributed by atoms with Crippen LogP contribution in [0.1, 0.15) is 0 Å². The Morgan fingerprint density at radius 2 is 0.458 bits per heavy atom. The molecule has 0 saturated carbocycles. The normalized spacial score (nSPS) is 10.5. The molecule has 0 atom stereocenters. The number of benzene rings is 2. The van der Waals surface area contributed by atoms with E-state index >= 15 is 0 Å². The molecular formula is C12Br4F8. The average Bonchev–Trinajstić information content (AvgIpc) is 2.58. The first-order valence-electron chi connectivity index (χ1n) is 5.27.